The van der Waals surface area contributed by atoms with Gasteiger partial charge in [0.2, 0.25) is 0 Å². The Bertz CT molecular complexity index is 572. The molecule has 5 nitrogen and oxygen atoms in total. The van der Waals surface area contributed by atoms with Gasteiger partial charge in [-0.1, -0.05) is 26.0 Å². The molecule has 26 heavy (non-hydrogen) atoms. The van der Waals surface area contributed by atoms with E-state index in [0.29, 0.717) is 19.1 Å². The van der Waals surface area contributed by atoms with Crippen molar-refractivity contribution in [2.45, 2.75) is 76.7 Å². The third-order valence-electron chi connectivity index (χ3n) is 5.63. The number of rotatable bonds is 7. The Morgan fingerprint density at radius 3 is 2.62 bits per heavy atom. The Morgan fingerprint density at radius 2 is 1.96 bits per heavy atom. The van der Waals surface area contributed by atoms with Gasteiger partial charge in [-0.25, -0.2) is 0 Å². The van der Waals surface area contributed by atoms with Crippen LogP contribution in [0.1, 0.15) is 45.1 Å². The summed E-state index contributed by atoms with van der Waals surface area (Å²) in [5.74, 6) is 1.01. The van der Waals surface area contributed by atoms with Gasteiger partial charge in [-0.2, -0.15) is 0 Å². The van der Waals surface area contributed by atoms with Crippen molar-refractivity contribution in [2.75, 3.05) is 7.11 Å². The molecule has 5 heteroatoms. The summed E-state index contributed by atoms with van der Waals surface area (Å²) in [7, 11) is 1.65. The van der Waals surface area contributed by atoms with Crippen molar-refractivity contribution >= 4 is 6.29 Å². The first-order chi connectivity index (χ1) is 12.7. The van der Waals surface area contributed by atoms with Crippen molar-refractivity contribution in [2.24, 2.45) is 5.92 Å². The summed E-state index contributed by atoms with van der Waals surface area (Å²) in [6, 6.07) is 7.84. The van der Waals surface area contributed by atoms with Gasteiger partial charge in [-0.15, -0.1) is 0 Å². The van der Waals surface area contributed by atoms with Gasteiger partial charge in [0.1, 0.15) is 12.0 Å². The predicted molar refractivity (Wildman–Crippen MR) is 98.3 cm³/mol. The molecule has 144 valence electrons. The standard InChI is InChI=1S/C21H30O5/c1-4-16-9-10-18-21(25-16)14(2)20(19(26-18)11-12-22)24-13-15-5-7-17(23-3)8-6-15/h5-8,12,14,16,18-21H,4,9-11,13H2,1-3H3/t14-,16-,18+,19+,20-,21+/m1/s1. The molecular formula is C21H30O5. The molecule has 0 N–H and O–H groups in total. The summed E-state index contributed by atoms with van der Waals surface area (Å²) in [6.45, 7) is 4.80. The number of carbonyl (C=O) groups excluding carboxylic acids is 1. The highest BCUT2D eigenvalue weighted by Gasteiger charge is 2.47. The minimum atomic E-state index is -0.205. The van der Waals surface area contributed by atoms with Crippen LogP contribution >= 0.6 is 0 Å². The number of fused-ring (bicyclic) bond motifs is 1. The molecule has 2 saturated heterocycles. The minimum absolute atomic E-state index is 0.0393. The molecule has 6 atom stereocenters. The van der Waals surface area contributed by atoms with E-state index >= 15 is 0 Å². The molecule has 3 rings (SSSR count). The lowest BCUT2D eigenvalue weighted by atomic mass is 9.82. The topological polar surface area (TPSA) is 54.0 Å². The van der Waals surface area contributed by atoms with Gasteiger partial charge < -0.3 is 23.7 Å². The van der Waals surface area contributed by atoms with E-state index in [4.69, 9.17) is 18.9 Å². The van der Waals surface area contributed by atoms with Gasteiger partial charge in [0.25, 0.3) is 0 Å². The van der Waals surface area contributed by atoms with E-state index in [1.165, 1.54) is 0 Å². The predicted octanol–water partition coefficient (Wildman–Crippen LogP) is 3.53. The maximum atomic E-state index is 11.1. The van der Waals surface area contributed by atoms with Crippen molar-refractivity contribution < 1.29 is 23.7 Å². The molecule has 2 fully saturated rings. The van der Waals surface area contributed by atoms with E-state index in [1.54, 1.807) is 7.11 Å². The van der Waals surface area contributed by atoms with Crippen LogP contribution in [0.15, 0.2) is 24.3 Å². The van der Waals surface area contributed by atoms with Crippen LogP contribution in [0, 0.1) is 5.92 Å². The van der Waals surface area contributed by atoms with Crippen LogP contribution in [0.2, 0.25) is 0 Å². The minimum Gasteiger partial charge on any atom is -0.497 e. The molecule has 0 radical (unpaired) electrons. The second kappa shape index (κ2) is 8.98. The lowest BCUT2D eigenvalue weighted by Crippen LogP contribution is -2.57. The highest BCUT2D eigenvalue weighted by atomic mass is 16.6. The summed E-state index contributed by atoms with van der Waals surface area (Å²) in [4.78, 5) is 11.1. The number of carbonyl (C=O) groups is 1. The van der Waals surface area contributed by atoms with Crippen LogP contribution in [0.3, 0.4) is 0 Å². The summed E-state index contributed by atoms with van der Waals surface area (Å²) in [5, 5.41) is 0. The molecule has 0 aliphatic carbocycles. The van der Waals surface area contributed by atoms with Gasteiger partial charge in [0.05, 0.1) is 44.2 Å². The third-order valence-corrected chi connectivity index (χ3v) is 5.63. The molecule has 2 aliphatic heterocycles. The molecule has 0 spiro atoms. The zero-order valence-electron chi connectivity index (χ0n) is 15.9. The monoisotopic (exact) mass is 362 g/mol. The number of hydrogen-bond acceptors (Lipinski definition) is 5. The van der Waals surface area contributed by atoms with Crippen molar-refractivity contribution in [1.82, 2.24) is 0 Å². The zero-order valence-corrected chi connectivity index (χ0v) is 15.9. The molecule has 2 aliphatic rings. The van der Waals surface area contributed by atoms with Crippen LogP contribution in [0.4, 0.5) is 0 Å². The fraction of sp³-hybridized carbons (Fsp3) is 0.667. The quantitative estimate of drug-likeness (QED) is 0.695. The molecule has 0 aromatic heterocycles. The molecule has 0 saturated carbocycles. The van der Waals surface area contributed by atoms with Crippen molar-refractivity contribution in [1.29, 1.82) is 0 Å². The van der Waals surface area contributed by atoms with E-state index in [1.807, 2.05) is 24.3 Å². The van der Waals surface area contributed by atoms with Crippen LogP contribution in [0.5, 0.6) is 5.75 Å². The molecular weight excluding hydrogens is 332 g/mol. The largest absolute Gasteiger partial charge is 0.497 e. The summed E-state index contributed by atoms with van der Waals surface area (Å²) in [5.41, 5.74) is 1.07. The molecule has 0 unspecified atom stereocenters. The van der Waals surface area contributed by atoms with Gasteiger partial charge >= 0.3 is 0 Å². The van der Waals surface area contributed by atoms with Crippen LogP contribution in [0.25, 0.3) is 0 Å². The second-order valence-electron chi connectivity index (χ2n) is 7.31. The number of aldehydes is 1. The third kappa shape index (κ3) is 4.27. The highest BCUT2D eigenvalue weighted by molar-refractivity contribution is 5.50. The number of ether oxygens (including phenoxy) is 4. The second-order valence-corrected chi connectivity index (χ2v) is 7.31. The van der Waals surface area contributed by atoms with Gasteiger partial charge in [-0.05, 0) is 37.0 Å². The van der Waals surface area contributed by atoms with Gasteiger partial charge in [0.15, 0.2) is 0 Å². The van der Waals surface area contributed by atoms with Crippen molar-refractivity contribution in [3.05, 3.63) is 29.8 Å². The summed E-state index contributed by atoms with van der Waals surface area (Å²) < 4.78 is 23.9. The average molecular weight is 362 g/mol. The number of benzene rings is 1. The molecule has 0 bridgehead atoms. The Hall–Kier alpha value is -1.43. The lowest BCUT2D eigenvalue weighted by Gasteiger charge is -2.49. The first-order valence-corrected chi connectivity index (χ1v) is 9.65. The molecule has 1 aromatic rings. The Balaban J connectivity index is 1.68. The smallest absolute Gasteiger partial charge is 0.122 e. The Kier molecular flexibility index (Phi) is 6.68. The lowest BCUT2D eigenvalue weighted by molar-refractivity contribution is -0.253. The number of methoxy groups -OCH3 is 1. The van der Waals surface area contributed by atoms with E-state index < -0.39 is 0 Å². The van der Waals surface area contributed by atoms with E-state index in [0.717, 1.165) is 36.9 Å². The van der Waals surface area contributed by atoms with Crippen molar-refractivity contribution in [3.63, 3.8) is 0 Å². The normalized spacial score (nSPS) is 34.1. The Morgan fingerprint density at radius 1 is 1.19 bits per heavy atom. The SMILES string of the molecule is CC[C@@H]1CC[C@@H]2O[C@@H](CC=O)[C@H](OCc3ccc(OC)cc3)[C@@H](C)[C@@H]2O1. The average Bonchev–Trinajstić information content (AvgIpc) is 2.68. The zero-order chi connectivity index (χ0) is 18.5. The van der Waals surface area contributed by atoms with Crippen LogP contribution in [-0.4, -0.2) is 43.9 Å². The van der Waals surface area contributed by atoms with E-state index in [-0.39, 0.29) is 30.3 Å². The van der Waals surface area contributed by atoms with Crippen molar-refractivity contribution in [3.8, 4) is 5.75 Å². The first-order valence-electron chi connectivity index (χ1n) is 9.65. The van der Waals surface area contributed by atoms with Crippen LogP contribution in [-0.2, 0) is 25.6 Å². The maximum Gasteiger partial charge on any atom is 0.122 e. The molecule has 0 amide bonds. The molecule has 1 aromatic carbocycles. The summed E-state index contributed by atoms with van der Waals surface area (Å²) >= 11 is 0. The molecule has 2 heterocycles. The van der Waals surface area contributed by atoms with Gasteiger partial charge in [0, 0.05) is 12.3 Å². The first kappa shape index (κ1) is 19.3. The number of hydrogen-bond donors (Lipinski definition) is 0. The van der Waals surface area contributed by atoms with Gasteiger partial charge in [-0.3, -0.25) is 0 Å². The van der Waals surface area contributed by atoms with Crippen LogP contribution < -0.4 is 4.74 Å². The van der Waals surface area contributed by atoms with E-state index in [2.05, 4.69) is 13.8 Å². The summed E-state index contributed by atoms with van der Waals surface area (Å²) in [6.07, 6.45) is 4.37. The maximum absolute atomic E-state index is 11.1. The Labute approximate surface area is 156 Å². The fourth-order valence-electron chi connectivity index (χ4n) is 4.09. The fourth-order valence-corrected chi connectivity index (χ4v) is 4.09. The van der Waals surface area contributed by atoms with E-state index in [9.17, 15) is 4.79 Å². The highest BCUT2D eigenvalue weighted by Crippen LogP contribution is 2.38.